The molecule has 1 aromatic heterocycles. The third kappa shape index (κ3) is 3.84. The first-order chi connectivity index (χ1) is 9.72. The fraction of sp³-hybridized carbons (Fsp3) is 0.286. The Hall–Kier alpha value is -1.82. The maximum absolute atomic E-state index is 5.74. The topological polar surface area (TPSA) is 56.3 Å². The van der Waals surface area contributed by atoms with Gasteiger partial charge in [0, 0.05) is 18.8 Å². The zero-order valence-electron chi connectivity index (χ0n) is 11.4. The fourth-order valence-electron chi connectivity index (χ4n) is 1.52. The first-order valence-corrected chi connectivity index (χ1v) is 7.10. The summed E-state index contributed by atoms with van der Waals surface area (Å²) in [5.41, 5.74) is 0. The summed E-state index contributed by atoms with van der Waals surface area (Å²) in [6, 6.07) is 7.21. The van der Waals surface area contributed by atoms with Gasteiger partial charge in [0.2, 0.25) is 11.8 Å². The lowest BCUT2D eigenvalue weighted by Crippen LogP contribution is -2.04. The van der Waals surface area contributed by atoms with Crippen molar-refractivity contribution in [1.82, 2.24) is 9.97 Å². The molecule has 0 aliphatic carbocycles. The van der Waals surface area contributed by atoms with E-state index in [2.05, 4.69) is 38.1 Å². The minimum atomic E-state index is 0.490. The van der Waals surface area contributed by atoms with Crippen LogP contribution < -0.4 is 14.8 Å². The van der Waals surface area contributed by atoms with Crippen LogP contribution in [0.4, 0.5) is 5.95 Å². The maximum Gasteiger partial charge on any atom is 0.225 e. The van der Waals surface area contributed by atoms with Crippen LogP contribution in [-0.4, -0.2) is 23.6 Å². The zero-order valence-corrected chi connectivity index (χ0v) is 13.0. The molecule has 0 fully saturated rings. The lowest BCUT2D eigenvalue weighted by Gasteiger charge is -2.09. The molecule has 1 aromatic carbocycles. The third-order valence-corrected chi connectivity index (χ3v) is 3.14. The molecule has 0 radical (unpaired) electrons. The first-order valence-electron chi connectivity index (χ1n) is 6.31. The van der Waals surface area contributed by atoms with E-state index in [4.69, 9.17) is 9.47 Å². The predicted molar refractivity (Wildman–Crippen MR) is 81.6 cm³/mol. The lowest BCUT2D eigenvalue weighted by molar-refractivity contribution is 0.411. The molecular formula is C14H16BrN3O2. The van der Waals surface area contributed by atoms with E-state index in [0.717, 1.165) is 23.2 Å². The Kier molecular flexibility index (Phi) is 5.17. The molecule has 0 aliphatic rings. The van der Waals surface area contributed by atoms with Gasteiger partial charge in [-0.3, -0.25) is 0 Å². The van der Waals surface area contributed by atoms with Gasteiger partial charge >= 0.3 is 0 Å². The third-order valence-electron chi connectivity index (χ3n) is 2.52. The molecule has 1 N–H and O–H groups in total. The number of ether oxygens (including phenoxy) is 2. The molecule has 0 unspecified atom stereocenters. The van der Waals surface area contributed by atoms with Gasteiger partial charge in [-0.1, -0.05) is 6.92 Å². The molecule has 106 valence electrons. The van der Waals surface area contributed by atoms with Crippen LogP contribution in [0.5, 0.6) is 17.4 Å². The summed E-state index contributed by atoms with van der Waals surface area (Å²) in [7, 11) is 1.62. The van der Waals surface area contributed by atoms with Crippen molar-refractivity contribution in [3.8, 4) is 17.4 Å². The molecule has 0 bridgehead atoms. The summed E-state index contributed by atoms with van der Waals surface area (Å²) in [5, 5.41) is 3.12. The monoisotopic (exact) mass is 337 g/mol. The number of methoxy groups -OCH3 is 1. The number of hydrogen-bond donors (Lipinski definition) is 1. The largest absolute Gasteiger partial charge is 0.497 e. The number of benzene rings is 1. The standard InChI is InChI=1S/C14H16BrN3O2/c1-3-7-16-14-17-8-6-13(18-14)20-12-5-4-10(19-2)9-11(12)15/h4-6,8-9H,3,7H2,1-2H3,(H,16,17,18). The van der Waals surface area contributed by atoms with Gasteiger partial charge in [-0.15, -0.1) is 0 Å². The fourth-order valence-corrected chi connectivity index (χ4v) is 1.96. The Morgan fingerprint density at radius 3 is 2.85 bits per heavy atom. The number of anilines is 1. The van der Waals surface area contributed by atoms with Crippen LogP contribution in [-0.2, 0) is 0 Å². The van der Waals surface area contributed by atoms with Crippen molar-refractivity contribution < 1.29 is 9.47 Å². The SMILES string of the molecule is CCCNc1nccc(Oc2ccc(OC)cc2Br)n1. The van der Waals surface area contributed by atoms with Crippen LogP contribution in [0.25, 0.3) is 0 Å². The number of hydrogen-bond acceptors (Lipinski definition) is 5. The molecule has 2 rings (SSSR count). The molecule has 0 atom stereocenters. The van der Waals surface area contributed by atoms with Crippen molar-refractivity contribution in [3.05, 3.63) is 34.9 Å². The Labute approximate surface area is 126 Å². The van der Waals surface area contributed by atoms with Gasteiger partial charge in [0.1, 0.15) is 11.5 Å². The van der Waals surface area contributed by atoms with Gasteiger partial charge in [0.15, 0.2) is 0 Å². The molecule has 0 saturated carbocycles. The summed E-state index contributed by atoms with van der Waals surface area (Å²) < 4.78 is 11.7. The van der Waals surface area contributed by atoms with Crippen molar-refractivity contribution >= 4 is 21.9 Å². The molecule has 1 heterocycles. The number of aromatic nitrogens is 2. The number of halogens is 1. The van der Waals surface area contributed by atoms with Gasteiger partial charge in [-0.25, -0.2) is 4.98 Å². The molecule has 20 heavy (non-hydrogen) atoms. The number of rotatable bonds is 6. The van der Waals surface area contributed by atoms with Crippen LogP contribution in [0.3, 0.4) is 0 Å². The van der Waals surface area contributed by atoms with Crippen LogP contribution in [0.15, 0.2) is 34.9 Å². The highest BCUT2D eigenvalue weighted by Crippen LogP contribution is 2.32. The minimum absolute atomic E-state index is 0.490. The molecule has 0 spiro atoms. The van der Waals surface area contributed by atoms with E-state index in [9.17, 15) is 0 Å². The van der Waals surface area contributed by atoms with Crippen molar-refractivity contribution in [1.29, 1.82) is 0 Å². The van der Waals surface area contributed by atoms with Crippen molar-refractivity contribution in [3.63, 3.8) is 0 Å². The highest BCUT2D eigenvalue weighted by atomic mass is 79.9. The van der Waals surface area contributed by atoms with Crippen LogP contribution in [0.2, 0.25) is 0 Å². The average Bonchev–Trinajstić information content (AvgIpc) is 2.47. The Morgan fingerprint density at radius 1 is 1.30 bits per heavy atom. The van der Waals surface area contributed by atoms with E-state index in [1.54, 1.807) is 19.4 Å². The summed E-state index contributed by atoms with van der Waals surface area (Å²) in [4.78, 5) is 8.43. The number of nitrogens with one attached hydrogen (secondary N) is 1. The molecule has 0 saturated heterocycles. The van der Waals surface area contributed by atoms with E-state index in [-0.39, 0.29) is 0 Å². The van der Waals surface area contributed by atoms with E-state index in [1.165, 1.54) is 0 Å². The summed E-state index contributed by atoms with van der Waals surface area (Å²) in [6.45, 7) is 2.91. The quantitative estimate of drug-likeness (QED) is 0.867. The van der Waals surface area contributed by atoms with E-state index in [1.807, 2.05) is 18.2 Å². The smallest absolute Gasteiger partial charge is 0.225 e. The van der Waals surface area contributed by atoms with E-state index >= 15 is 0 Å². The Balaban J connectivity index is 2.13. The van der Waals surface area contributed by atoms with Gasteiger partial charge in [0.25, 0.3) is 0 Å². The van der Waals surface area contributed by atoms with Crippen molar-refractivity contribution in [2.24, 2.45) is 0 Å². The van der Waals surface area contributed by atoms with Crippen LogP contribution in [0, 0.1) is 0 Å². The molecule has 2 aromatic rings. The maximum atomic E-state index is 5.74. The molecule has 0 aliphatic heterocycles. The van der Waals surface area contributed by atoms with Gasteiger partial charge in [0.05, 0.1) is 11.6 Å². The van der Waals surface area contributed by atoms with Gasteiger partial charge < -0.3 is 14.8 Å². The second-order valence-corrected chi connectivity index (χ2v) is 4.90. The van der Waals surface area contributed by atoms with E-state index in [0.29, 0.717) is 17.6 Å². The van der Waals surface area contributed by atoms with E-state index < -0.39 is 0 Å². The van der Waals surface area contributed by atoms with Gasteiger partial charge in [-0.2, -0.15) is 4.98 Å². The normalized spacial score (nSPS) is 10.2. The predicted octanol–water partition coefficient (Wildman–Crippen LogP) is 3.86. The lowest BCUT2D eigenvalue weighted by atomic mass is 10.3. The minimum Gasteiger partial charge on any atom is -0.497 e. The zero-order chi connectivity index (χ0) is 14.4. The molecule has 5 nitrogen and oxygen atoms in total. The second-order valence-electron chi connectivity index (χ2n) is 4.04. The molecular weight excluding hydrogens is 322 g/mol. The van der Waals surface area contributed by atoms with Crippen LogP contribution >= 0.6 is 15.9 Å². The second kappa shape index (κ2) is 7.09. The van der Waals surface area contributed by atoms with Gasteiger partial charge in [-0.05, 0) is 40.5 Å². The highest BCUT2D eigenvalue weighted by Gasteiger charge is 2.06. The number of nitrogens with zero attached hydrogens (tertiary/aromatic N) is 2. The van der Waals surface area contributed by atoms with Crippen molar-refractivity contribution in [2.75, 3.05) is 19.0 Å². The first kappa shape index (κ1) is 14.6. The summed E-state index contributed by atoms with van der Waals surface area (Å²) in [6.07, 6.45) is 2.68. The average molecular weight is 338 g/mol. The Bertz CT molecular complexity index is 578. The van der Waals surface area contributed by atoms with Crippen LogP contribution in [0.1, 0.15) is 13.3 Å². The molecule has 6 heteroatoms. The summed E-state index contributed by atoms with van der Waals surface area (Å²) >= 11 is 3.44. The summed E-state index contributed by atoms with van der Waals surface area (Å²) in [5.74, 6) is 2.49. The molecule has 0 amide bonds. The van der Waals surface area contributed by atoms with Crippen molar-refractivity contribution in [2.45, 2.75) is 13.3 Å². The highest BCUT2D eigenvalue weighted by molar-refractivity contribution is 9.10. The Morgan fingerprint density at radius 2 is 2.15 bits per heavy atom.